The van der Waals surface area contributed by atoms with Gasteiger partial charge in [0.25, 0.3) is 5.91 Å². The molecule has 0 aliphatic heterocycles. The van der Waals surface area contributed by atoms with E-state index in [2.05, 4.69) is 0 Å². The van der Waals surface area contributed by atoms with Gasteiger partial charge in [-0.15, -0.1) is 11.3 Å². The first-order chi connectivity index (χ1) is 17.7. The molecule has 1 heterocycles. The molecule has 0 aliphatic rings. The van der Waals surface area contributed by atoms with E-state index in [4.69, 9.17) is 14.6 Å². The van der Waals surface area contributed by atoms with Gasteiger partial charge in [0.1, 0.15) is 22.0 Å². The lowest BCUT2D eigenvalue weighted by atomic mass is 10.1. The number of hydrogen-bond donors (Lipinski definition) is 1. The third kappa shape index (κ3) is 10.6. The minimum atomic E-state index is -0.687. The van der Waals surface area contributed by atoms with Crippen LogP contribution in [0.15, 0.2) is 30.3 Å². The highest BCUT2D eigenvalue weighted by atomic mass is 32.1. The summed E-state index contributed by atoms with van der Waals surface area (Å²) in [6.07, 6.45) is 1.04. The van der Waals surface area contributed by atoms with Gasteiger partial charge in [-0.25, -0.2) is 4.79 Å². The highest BCUT2D eigenvalue weighted by molar-refractivity contribution is 7.18. The number of rotatable bonds is 10. The molecule has 38 heavy (non-hydrogen) atoms. The van der Waals surface area contributed by atoms with Gasteiger partial charge >= 0.3 is 11.9 Å². The molecular weight excluding hydrogens is 508 g/mol. The maximum Gasteiger partial charge on any atom is 0.348 e. The monoisotopic (exact) mass is 548 g/mol. The summed E-state index contributed by atoms with van der Waals surface area (Å²) < 4.78 is 10.5. The van der Waals surface area contributed by atoms with Crippen LogP contribution in [0.1, 0.15) is 72.7 Å². The highest BCUT2D eigenvalue weighted by Crippen LogP contribution is 2.37. The number of ether oxygens (including phenoxy) is 2. The van der Waals surface area contributed by atoms with Crippen LogP contribution < -0.4 is 4.90 Å². The van der Waals surface area contributed by atoms with Crippen LogP contribution in [0.5, 0.6) is 0 Å². The van der Waals surface area contributed by atoms with Gasteiger partial charge in [-0.1, -0.05) is 30.3 Å². The number of amides is 2. The Balaban J connectivity index is 0.00000168. The number of thiophene rings is 1. The van der Waals surface area contributed by atoms with E-state index in [1.165, 1.54) is 16.8 Å². The highest BCUT2D eigenvalue weighted by Gasteiger charge is 2.31. The predicted octanol–water partition coefficient (Wildman–Crippen LogP) is 4.24. The van der Waals surface area contributed by atoms with Crippen LogP contribution in [0.25, 0.3) is 0 Å². The maximum absolute atomic E-state index is 13.4. The largest absolute Gasteiger partial charge is 0.462 e. The fraction of sp³-hybridized carbons (Fsp3) is 0.500. The zero-order valence-electron chi connectivity index (χ0n) is 23.6. The Morgan fingerprint density at radius 1 is 1.13 bits per heavy atom. The van der Waals surface area contributed by atoms with Crippen molar-refractivity contribution in [3.63, 3.8) is 0 Å². The molecule has 0 bridgehead atoms. The molecule has 2 rings (SSSR count). The number of carbonyl (C=O) groups excluding carboxylic acids is 4. The molecule has 0 saturated heterocycles. The van der Waals surface area contributed by atoms with Crippen molar-refractivity contribution in [3.05, 3.63) is 51.9 Å². The van der Waals surface area contributed by atoms with E-state index in [0.717, 1.165) is 16.9 Å². The van der Waals surface area contributed by atoms with Crippen molar-refractivity contribution in [1.29, 1.82) is 0 Å². The van der Waals surface area contributed by atoms with Crippen molar-refractivity contribution in [2.75, 3.05) is 31.6 Å². The van der Waals surface area contributed by atoms with Gasteiger partial charge in [0.05, 0.1) is 12.2 Å². The fourth-order valence-electron chi connectivity index (χ4n) is 3.27. The minimum Gasteiger partial charge on any atom is -0.462 e. The summed E-state index contributed by atoms with van der Waals surface area (Å²) in [4.78, 5) is 53.1. The van der Waals surface area contributed by atoms with E-state index in [0.29, 0.717) is 29.9 Å². The lowest BCUT2D eigenvalue weighted by Crippen LogP contribution is -2.37. The smallest absolute Gasteiger partial charge is 0.348 e. The molecule has 0 atom stereocenters. The van der Waals surface area contributed by atoms with Crippen LogP contribution in [0.2, 0.25) is 0 Å². The van der Waals surface area contributed by atoms with Gasteiger partial charge in [-0.05, 0) is 66.0 Å². The Hall–Kier alpha value is -3.24. The maximum atomic E-state index is 13.4. The zero-order chi connectivity index (χ0) is 29.0. The molecule has 0 radical (unpaired) electrons. The zero-order valence-corrected chi connectivity index (χ0v) is 24.4. The lowest BCUT2D eigenvalue weighted by Gasteiger charge is -2.24. The van der Waals surface area contributed by atoms with Crippen molar-refractivity contribution in [2.45, 2.75) is 66.6 Å². The summed E-state index contributed by atoms with van der Waals surface area (Å²) in [5, 5.41) is 8.40. The van der Waals surface area contributed by atoms with Crippen LogP contribution in [-0.2, 0) is 25.5 Å². The molecule has 1 aromatic heterocycles. The number of aliphatic hydroxyl groups excluding tert-OH is 1. The summed E-state index contributed by atoms with van der Waals surface area (Å²) in [6, 6.07) is 9.64. The summed E-state index contributed by atoms with van der Waals surface area (Å²) in [7, 11) is 1.48. The number of aliphatic hydroxyl groups is 1. The van der Waals surface area contributed by atoms with Crippen molar-refractivity contribution in [2.24, 2.45) is 0 Å². The molecule has 2 aromatic rings. The third-order valence-corrected chi connectivity index (χ3v) is 6.12. The molecule has 1 N–H and O–H groups in total. The summed E-state index contributed by atoms with van der Waals surface area (Å²) in [5.41, 5.74) is 0.946. The van der Waals surface area contributed by atoms with Gasteiger partial charge in [-0.3, -0.25) is 14.4 Å². The lowest BCUT2D eigenvalue weighted by molar-refractivity contribution is -0.155. The Kier molecular flexibility index (Phi) is 13.1. The molecule has 1 aromatic carbocycles. The summed E-state index contributed by atoms with van der Waals surface area (Å²) in [5.74, 6) is -1.61. The summed E-state index contributed by atoms with van der Waals surface area (Å²) >= 11 is 1.03. The Morgan fingerprint density at radius 2 is 1.71 bits per heavy atom. The van der Waals surface area contributed by atoms with Crippen LogP contribution in [0.3, 0.4) is 0 Å². The van der Waals surface area contributed by atoms with Gasteiger partial charge in [0.2, 0.25) is 6.41 Å². The fourth-order valence-corrected chi connectivity index (χ4v) is 4.45. The summed E-state index contributed by atoms with van der Waals surface area (Å²) in [6.45, 7) is 12.2. The molecule has 0 unspecified atom stereocenters. The molecule has 9 nitrogen and oxygen atoms in total. The average Bonchev–Trinajstić information content (AvgIpc) is 3.15. The molecule has 210 valence electrons. The molecule has 10 heteroatoms. The SMILES string of the molecule is CC(C)O.CCOC(=O)c1sc(N(C=O)CCc2ccccc2)c(C(=O)N(C)CC(=O)OC(C)(C)C)c1C. The van der Waals surface area contributed by atoms with Gasteiger partial charge in [0, 0.05) is 19.7 Å². The van der Waals surface area contributed by atoms with Gasteiger partial charge < -0.3 is 24.4 Å². The van der Waals surface area contributed by atoms with Crippen LogP contribution in [-0.4, -0.2) is 72.7 Å². The topological polar surface area (TPSA) is 113 Å². The predicted molar refractivity (Wildman–Crippen MR) is 149 cm³/mol. The number of carbonyl (C=O) groups is 4. The van der Waals surface area contributed by atoms with Crippen LogP contribution >= 0.6 is 11.3 Å². The molecule has 0 aliphatic carbocycles. The van der Waals surface area contributed by atoms with Crippen LogP contribution in [0, 0.1) is 6.92 Å². The quantitative estimate of drug-likeness (QED) is 0.349. The van der Waals surface area contributed by atoms with Crippen molar-refractivity contribution in [1.82, 2.24) is 4.90 Å². The second-order valence-electron chi connectivity index (χ2n) is 9.83. The molecule has 0 fully saturated rings. The van der Waals surface area contributed by atoms with Crippen molar-refractivity contribution < 1.29 is 33.8 Å². The number of likely N-dealkylation sites (N-methyl/N-ethyl adjacent to an activating group) is 1. The van der Waals surface area contributed by atoms with E-state index in [9.17, 15) is 19.2 Å². The van der Waals surface area contributed by atoms with Crippen molar-refractivity contribution >= 4 is 40.6 Å². The second-order valence-corrected chi connectivity index (χ2v) is 10.8. The molecule has 0 spiro atoms. The number of benzene rings is 1. The number of nitrogens with zero attached hydrogens (tertiary/aromatic N) is 2. The van der Waals surface area contributed by atoms with Gasteiger partial charge in [0.15, 0.2) is 0 Å². The number of esters is 2. The Labute approximate surface area is 229 Å². The first kappa shape index (κ1) is 32.8. The van der Waals surface area contributed by atoms with E-state index >= 15 is 0 Å². The number of hydrogen-bond acceptors (Lipinski definition) is 8. The van der Waals surface area contributed by atoms with Crippen molar-refractivity contribution in [3.8, 4) is 0 Å². The van der Waals surface area contributed by atoms with E-state index < -0.39 is 23.4 Å². The van der Waals surface area contributed by atoms with E-state index in [1.54, 1.807) is 48.5 Å². The normalized spacial score (nSPS) is 10.8. The second kappa shape index (κ2) is 15.2. The van der Waals surface area contributed by atoms with E-state index in [1.807, 2.05) is 30.3 Å². The van der Waals surface area contributed by atoms with Crippen LogP contribution in [0.4, 0.5) is 5.00 Å². The Morgan fingerprint density at radius 3 is 2.21 bits per heavy atom. The molecule has 0 saturated carbocycles. The average molecular weight is 549 g/mol. The van der Waals surface area contributed by atoms with E-state index in [-0.39, 0.29) is 29.7 Å². The Bertz CT molecular complexity index is 1070. The minimum absolute atomic E-state index is 0.167. The molecule has 2 amide bonds. The molecular formula is C28H40N2O7S. The third-order valence-electron chi connectivity index (χ3n) is 4.81. The van der Waals surface area contributed by atoms with Gasteiger partial charge in [-0.2, -0.15) is 0 Å². The number of anilines is 1. The first-order valence-corrected chi connectivity index (χ1v) is 13.2. The first-order valence-electron chi connectivity index (χ1n) is 12.4. The standard InChI is InChI=1S/C25H32N2O6S.C3H8O/c1-7-32-24(31)21-17(2)20(22(30)26(6)15-19(29)33-25(3,4)5)23(34-21)27(16-28)14-13-18-11-9-8-10-12-18;1-3(2)4/h8-12,16H,7,13-15H2,1-6H3;3-4H,1-2H3.